The van der Waals surface area contributed by atoms with E-state index in [2.05, 4.69) is 4.90 Å². The highest BCUT2D eigenvalue weighted by molar-refractivity contribution is 5.75. The van der Waals surface area contributed by atoms with E-state index in [9.17, 15) is 9.59 Å². The van der Waals surface area contributed by atoms with Crippen molar-refractivity contribution in [2.45, 2.75) is 105 Å². The van der Waals surface area contributed by atoms with Crippen molar-refractivity contribution in [2.75, 3.05) is 19.7 Å². The number of esters is 2. The van der Waals surface area contributed by atoms with Crippen LogP contribution in [0.2, 0.25) is 0 Å². The van der Waals surface area contributed by atoms with E-state index in [4.69, 9.17) is 18.9 Å². The maximum absolute atomic E-state index is 12.4. The lowest BCUT2D eigenvalue weighted by Gasteiger charge is -2.36. The van der Waals surface area contributed by atoms with Crippen LogP contribution in [0.15, 0.2) is 0 Å². The minimum Gasteiger partial charge on any atom is -0.465 e. The number of fused-ring (bicyclic) bond motifs is 1. The maximum atomic E-state index is 12.4. The van der Waals surface area contributed by atoms with Gasteiger partial charge in [-0.15, -0.1) is 0 Å². The van der Waals surface area contributed by atoms with Gasteiger partial charge in [0, 0.05) is 32.0 Å². The van der Waals surface area contributed by atoms with Crippen LogP contribution in [-0.2, 0) is 28.5 Å². The molecule has 0 radical (unpaired) electrons. The van der Waals surface area contributed by atoms with Crippen molar-refractivity contribution in [1.82, 2.24) is 4.90 Å². The predicted octanol–water partition coefficient (Wildman–Crippen LogP) is 3.19. The first-order valence-corrected chi connectivity index (χ1v) is 10.9. The average Bonchev–Trinajstić information content (AvgIpc) is 2.97. The van der Waals surface area contributed by atoms with Crippen LogP contribution in [0.1, 0.15) is 69.2 Å². The van der Waals surface area contributed by atoms with E-state index >= 15 is 0 Å². The molecule has 5 atom stereocenters. The van der Waals surface area contributed by atoms with Crippen molar-refractivity contribution in [3.05, 3.63) is 0 Å². The van der Waals surface area contributed by atoms with E-state index in [0.717, 1.165) is 0 Å². The number of hydrogen-bond donors (Lipinski definition) is 0. The lowest BCUT2D eigenvalue weighted by molar-refractivity contribution is -0.167. The Bertz CT molecular complexity index is 627. The summed E-state index contributed by atoms with van der Waals surface area (Å²) in [4.78, 5) is 26.4. The van der Waals surface area contributed by atoms with Gasteiger partial charge in [0.1, 0.15) is 12.2 Å². The Morgan fingerprint density at radius 3 is 1.87 bits per heavy atom. The van der Waals surface area contributed by atoms with Crippen molar-refractivity contribution in [1.29, 1.82) is 0 Å². The fraction of sp³-hybridized carbons (Fsp3) is 0.913. The van der Waals surface area contributed by atoms with Gasteiger partial charge in [-0.3, -0.25) is 14.5 Å². The van der Waals surface area contributed by atoms with Crippen molar-refractivity contribution in [3.63, 3.8) is 0 Å². The second-order valence-corrected chi connectivity index (χ2v) is 11.6. The third kappa shape index (κ3) is 6.66. The normalized spacial score (nSPS) is 30.3. The summed E-state index contributed by atoms with van der Waals surface area (Å²) < 4.78 is 24.1. The van der Waals surface area contributed by atoms with Gasteiger partial charge in [0.15, 0.2) is 0 Å². The molecule has 2 saturated heterocycles. The van der Waals surface area contributed by atoms with Gasteiger partial charge in [-0.2, -0.15) is 0 Å². The third-order valence-electron chi connectivity index (χ3n) is 5.20. The fourth-order valence-electron chi connectivity index (χ4n) is 4.23. The zero-order valence-corrected chi connectivity index (χ0v) is 20.4. The molecule has 0 aromatic heterocycles. The zero-order chi connectivity index (χ0) is 23.1. The summed E-state index contributed by atoms with van der Waals surface area (Å²) in [5.41, 5.74) is -1.27. The highest BCUT2D eigenvalue weighted by atomic mass is 16.6. The van der Waals surface area contributed by atoms with E-state index in [1.54, 1.807) is 0 Å². The molecule has 30 heavy (non-hydrogen) atoms. The van der Waals surface area contributed by atoms with Crippen LogP contribution in [0.3, 0.4) is 0 Å². The second kappa shape index (κ2) is 8.75. The number of carbonyl (C=O) groups is 2. The van der Waals surface area contributed by atoms with Crippen molar-refractivity contribution in [2.24, 2.45) is 11.3 Å². The molecule has 7 heteroatoms. The summed E-state index contributed by atoms with van der Waals surface area (Å²) in [6, 6.07) is -0.0614. The summed E-state index contributed by atoms with van der Waals surface area (Å²) in [6.07, 6.45) is -0.682. The molecule has 2 rings (SSSR count). The highest BCUT2D eigenvalue weighted by Crippen LogP contribution is 2.40. The van der Waals surface area contributed by atoms with Gasteiger partial charge in [-0.1, -0.05) is 0 Å². The van der Waals surface area contributed by atoms with Gasteiger partial charge in [-0.05, 0) is 62.3 Å². The van der Waals surface area contributed by atoms with Crippen LogP contribution in [0, 0.1) is 11.3 Å². The minimum atomic E-state index is -0.593. The largest absolute Gasteiger partial charge is 0.465 e. The predicted molar refractivity (Wildman–Crippen MR) is 114 cm³/mol. The molecular weight excluding hydrogens is 386 g/mol. The molecule has 0 unspecified atom stereocenters. The van der Waals surface area contributed by atoms with Gasteiger partial charge in [-0.25, -0.2) is 0 Å². The molecule has 2 aliphatic heterocycles. The van der Waals surface area contributed by atoms with Crippen LogP contribution < -0.4 is 0 Å². The summed E-state index contributed by atoms with van der Waals surface area (Å²) >= 11 is 0. The number of rotatable bonds is 5. The molecule has 7 nitrogen and oxygen atoms in total. The Balaban J connectivity index is 2.29. The SMILES string of the molecule is CC(=O)O[C@@H]1CN2C[C@H](OC(C)(C)C)[C@@H](OC(C)(C)C)[C@@H]2[C@H]1COC(=O)C(C)(C)C. The molecule has 2 fully saturated rings. The maximum Gasteiger partial charge on any atom is 0.311 e. The van der Waals surface area contributed by atoms with E-state index in [-0.39, 0.29) is 60.0 Å². The molecule has 0 N–H and O–H groups in total. The molecule has 0 spiro atoms. The monoisotopic (exact) mass is 427 g/mol. The standard InChI is InChI=1S/C23H41NO6/c1-14(25)28-16-11-24-12-17(29-22(5,6)7)19(30-23(8,9)10)18(24)15(16)13-27-20(26)21(2,3)4/h15-19H,11-13H2,1-10H3/t15-,16+,17-,18-,19+/m0/s1. The van der Waals surface area contributed by atoms with Gasteiger partial charge < -0.3 is 18.9 Å². The molecule has 0 aromatic rings. The number of ether oxygens (including phenoxy) is 4. The van der Waals surface area contributed by atoms with Crippen molar-refractivity contribution >= 4 is 11.9 Å². The van der Waals surface area contributed by atoms with Gasteiger partial charge in [0.05, 0.1) is 29.3 Å². The summed E-state index contributed by atoms with van der Waals surface area (Å²) in [6.45, 7) is 20.5. The molecular formula is C23H41NO6. The van der Waals surface area contributed by atoms with E-state index in [1.165, 1.54) is 6.92 Å². The van der Waals surface area contributed by atoms with Gasteiger partial charge >= 0.3 is 11.9 Å². The van der Waals surface area contributed by atoms with Gasteiger partial charge in [0.25, 0.3) is 0 Å². The zero-order valence-electron chi connectivity index (χ0n) is 20.4. The molecule has 2 heterocycles. The number of carbonyl (C=O) groups excluding carboxylic acids is 2. The van der Waals surface area contributed by atoms with Crippen LogP contribution in [-0.4, -0.2) is 72.1 Å². The highest BCUT2D eigenvalue weighted by Gasteiger charge is 2.56. The average molecular weight is 428 g/mol. The smallest absolute Gasteiger partial charge is 0.311 e. The van der Waals surface area contributed by atoms with Crippen LogP contribution in [0.5, 0.6) is 0 Å². The van der Waals surface area contributed by atoms with Crippen LogP contribution >= 0.6 is 0 Å². The molecule has 2 aliphatic rings. The first-order valence-electron chi connectivity index (χ1n) is 10.9. The number of hydrogen-bond acceptors (Lipinski definition) is 7. The third-order valence-corrected chi connectivity index (χ3v) is 5.20. The topological polar surface area (TPSA) is 74.3 Å². The number of nitrogens with zero attached hydrogens (tertiary/aromatic N) is 1. The van der Waals surface area contributed by atoms with Crippen molar-refractivity contribution < 1.29 is 28.5 Å². The Morgan fingerprint density at radius 2 is 1.40 bits per heavy atom. The fourth-order valence-corrected chi connectivity index (χ4v) is 4.23. The van der Waals surface area contributed by atoms with E-state index in [0.29, 0.717) is 13.1 Å². The summed E-state index contributed by atoms with van der Waals surface area (Å²) in [5.74, 6) is -0.776. The molecule has 0 aliphatic carbocycles. The lowest BCUT2D eigenvalue weighted by Crippen LogP contribution is -2.48. The first-order chi connectivity index (χ1) is 13.5. The summed E-state index contributed by atoms with van der Waals surface area (Å²) in [5, 5.41) is 0. The van der Waals surface area contributed by atoms with Crippen LogP contribution in [0.25, 0.3) is 0 Å². The first kappa shape index (κ1) is 25.1. The Kier molecular flexibility index (Phi) is 7.32. The van der Waals surface area contributed by atoms with E-state index in [1.807, 2.05) is 62.3 Å². The molecule has 0 amide bonds. The second-order valence-electron chi connectivity index (χ2n) is 11.6. The summed E-state index contributed by atoms with van der Waals surface area (Å²) in [7, 11) is 0. The Hall–Kier alpha value is -1.18. The van der Waals surface area contributed by atoms with Gasteiger partial charge in [0.2, 0.25) is 0 Å². The molecule has 0 aromatic carbocycles. The Labute approximate surface area is 181 Å². The van der Waals surface area contributed by atoms with Crippen LogP contribution in [0.4, 0.5) is 0 Å². The lowest BCUT2D eigenvalue weighted by atomic mass is 9.92. The molecule has 0 bridgehead atoms. The molecule has 174 valence electrons. The van der Waals surface area contributed by atoms with Crippen molar-refractivity contribution in [3.8, 4) is 0 Å². The molecule has 0 saturated carbocycles. The quantitative estimate of drug-likeness (QED) is 0.624. The minimum absolute atomic E-state index is 0.0614. The Morgan fingerprint density at radius 1 is 0.867 bits per heavy atom. The van der Waals surface area contributed by atoms with E-state index < -0.39 is 5.41 Å².